The molecule has 0 aliphatic carbocycles. The quantitative estimate of drug-likeness (QED) is 0.335. The molecule has 0 aromatic heterocycles. The van der Waals surface area contributed by atoms with Crippen LogP contribution in [0, 0.1) is 0 Å². The molecule has 9 heteroatoms. The number of ether oxygens (including phenoxy) is 3. The summed E-state index contributed by atoms with van der Waals surface area (Å²) in [7, 11) is 0. The summed E-state index contributed by atoms with van der Waals surface area (Å²) in [5, 5.41) is 15.3. The van der Waals surface area contributed by atoms with Gasteiger partial charge in [-0.3, -0.25) is 0 Å². The van der Waals surface area contributed by atoms with Gasteiger partial charge in [0.2, 0.25) is 6.16 Å². The Hall–Kier alpha value is -0.990. The second-order valence-corrected chi connectivity index (χ2v) is 5.30. The van der Waals surface area contributed by atoms with Crippen molar-refractivity contribution in [1.29, 1.82) is 0 Å². The molecular weight excluding hydrogens is 283 g/mol. The summed E-state index contributed by atoms with van der Waals surface area (Å²) >= 11 is 0. The molecule has 0 fully saturated rings. The number of carboxylic acid groups (broad SMARTS) is 2. The molecule has 0 rings (SSSR count). The van der Waals surface area contributed by atoms with E-state index >= 15 is 0 Å². The van der Waals surface area contributed by atoms with Crippen molar-refractivity contribution in [1.82, 2.24) is 0 Å². The molecule has 8 nitrogen and oxygen atoms in total. The van der Waals surface area contributed by atoms with Gasteiger partial charge in [0.15, 0.2) is 0 Å². The van der Waals surface area contributed by atoms with Crippen LogP contribution in [0.2, 0.25) is 0 Å². The monoisotopic (exact) mass is 302 g/mol. The number of hydrogen-bond donors (Lipinski definition) is 1. The van der Waals surface area contributed by atoms with Crippen LogP contribution in [0.15, 0.2) is 0 Å². The van der Waals surface area contributed by atoms with Crippen molar-refractivity contribution in [3.05, 3.63) is 0 Å². The predicted octanol–water partition coefficient (Wildman–Crippen LogP) is -1.24. The molecule has 112 valence electrons. The van der Waals surface area contributed by atoms with Crippen LogP contribution < -0.4 is 34.7 Å². The van der Waals surface area contributed by atoms with Gasteiger partial charge in [-0.25, -0.2) is 9.59 Å². The second kappa shape index (κ2) is 9.84. The zero-order chi connectivity index (χ0) is 15.9. The number of carbonyl (C=O) groups is 3. The maximum Gasteiger partial charge on any atom is 1.00 e. The van der Waals surface area contributed by atoms with Gasteiger partial charge >= 0.3 is 41.9 Å². The van der Waals surface area contributed by atoms with E-state index in [1.165, 1.54) is 0 Å². The molecule has 0 spiro atoms. The zero-order valence-corrected chi connectivity index (χ0v) is 14.8. The summed E-state index contributed by atoms with van der Waals surface area (Å²) in [6.07, 6.45) is -4.20. The minimum Gasteiger partial charge on any atom is -0.565 e. The van der Waals surface area contributed by atoms with Gasteiger partial charge in [-0.2, -0.15) is 0 Å². The molecule has 0 aromatic rings. The van der Waals surface area contributed by atoms with Crippen LogP contribution in [-0.4, -0.2) is 34.8 Å². The first kappa shape index (κ1) is 24.1. The summed E-state index contributed by atoms with van der Waals surface area (Å²) in [5.41, 5.74) is -1.39. The normalized spacial score (nSPS) is 10.1. The Morgan fingerprint density at radius 1 is 0.850 bits per heavy atom. The van der Waals surface area contributed by atoms with Crippen molar-refractivity contribution in [2.45, 2.75) is 52.7 Å². The Balaban J connectivity index is -0.000000508. The molecule has 20 heavy (non-hydrogen) atoms. The molecular formula is C11H19NaO8. The van der Waals surface area contributed by atoms with Crippen LogP contribution in [0.5, 0.6) is 0 Å². The third kappa shape index (κ3) is 25.8. The standard InChI is InChI=1S/C10H18O5.CH2O3.Na/c1-9(2,3)14-7(11)13-8(12)15-10(4,5)6;2-1(3)4;/h1-6H3;(H2,2,3,4);/q;;+1/p-1. The van der Waals surface area contributed by atoms with E-state index in [-0.39, 0.29) is 29.6 Å². The van der Waals surface area contributed by atoms with Gasteiger partial charge in [0.05, 0.1) is 0 Å². The first-order chi connectivity index (χ1) is 8.23. The molecule has 0 unspecified atom stereocenters. The van der Waals surface area contributed by atoms with Crippen LogP contribution in [-0.2, 0) is 14.2 Å². The van der Waals surface area contributed by atoms with Crippen molar-refractivity contribution in [2.75, 3.05) is 0 Å². The Morgan fingerprint density at radius 3 is 1.20 bits per heavy atom. The summed E-state index contributed by atoms with van der Waals surface area (Å²) in [5.74, 6) is 0. The van der Waals surface area contributed by atoms with E-state index < -0.39 is 29.7 Å². The molecule has 0 heterocycles. The molecule has 0 saturated carbocycles. The van der Waals surface area contributed by atoms with Gasteiger partial charge in [-0.15, -0.1) is 0 Å². The Morgan fingerprint density at radius 2 is 1.05 bits per heavy atom. The molecule has 0 aliphatic rings. The summed E-state index contributed by atoms with van der Waals surface area (Å²) in [6.45, 7) is 10.0. The van der Waals surface area contributed by atoms with Crippen molar-refractivity contribution in [2.24, 2.45) is 0 Å². The molecule has 0 aromatic carbocycles. The minimum absolute atomic E-state index is 0. The van der Waals surface area contributed by atoms with Gasteiger partial charge in [-0.05, 0) is 41.5 Å². The van der Waals surface area contributed by atoms with E-state index in [1.807, 2.05) is 0 Å². The van der Waals surface area contributed by atoms with Gasteiger partial charge in [0.1, 0.15) is 11.2 Å². The molecule has 0 amide bonds. The fraction of sp³-hybridized carbons (Fsp3) is 0.727. The molecule has 0 saturated heterocycles. The average Bonchev–Trinajstić information content (AvgIpc) is 1.91. The van der Waals surface area contributed by atoms with Crippen LogP contribution in [0.4, 0.5) is 14.4 Å². The predicted molar refractivity (Wildman–Crippen MR) is 61.6 cm³/mol. The Labute approximate surface area is 139 Å². The van der Waals surface area contributed by atoms with Crippen molar-refractivity contribution >= 4 is 18.5 Å². The van der Waals surface area contributed by atoms with E-state index in [1.54, 1.807) is 41.5 Å². The van der Waals surface area contributed by atoms with Crippen LogP contribution in [0.25, 0.3) is 0 Å². The SMILES string of the molecule is CC(C)(C)OC(=O)OC(=O)OC(C)(C)C.O=C([O-])O.[Na+]. The van der Waals surface area contributed by atoms with E-state index in [4.69, 9.17) is 24.5 Å². The summed E-state index contributed by atoms with van der Waals surface area (Å²) in [6, 6.07) is 0. The molecule has 0 radical (unpaired) electrons. The van der Waals surface area contributed by atoms with Gasteiger partial charge in [-0.1, -0.05) is 0 Å². The van der Waals surface area contributed by atoms with E-state index in [0.29, 0.717) is 0 Å². The van der Waals surface area contributed by atoms with Gasteiger partial charge in [0, 0.05) is 0 Å². The maximum absolute atomic E-state index is 11.0. The Kier molecular flexibility index (Phi) is 11.8. The summed E-state index contributed by atoms with van der Waals surface area (Å²) < 4.78 is 13.8. The van der Waals surface area contributed by atoms with Crippen LogP contribution >= 0.6 is 0 Å². The second-order valence-electron chi connectivity index (χ2n) is 5.30. The van der Waals surface area contributed by atoms with Gasteiger partial charge < -0.3 is 29.2 Å². The first-order valence-electron chi connectivity index (χ1n) is 5.26. The number of rotatable bonds is 0. The van der Waals surface area contributed by atoms with Crippen LogP contribution in [0.1, 0.15) is 41.5 Å². The molecule has 0 aliphatic heterocycles. The fourth-order valence-electron chi connectivity index (χ4n) is 0.610. The Bertz CT molecular complexity index is 296. The third-order valence-electron chi connectivity index (χ3n) is 0.946. The fourth-order valence-corrected chi connectivity index (χ4v) is 0.610. The third-order valence-corrected chi connectivity index (χ3v) is 0.946. The summed E-state index contributed by atoms with van der Waals surface area (Å²) in [4.78, 5) is 30.5. The van der Waals surface area contributed by atoms with Crippen molar-refractivity contribution in [3.8, 4) is 0 Å². The molecule has 1 N–H and O–H groups in total. The molecule has 0 bridgehead atoms. The topological polar surface area (TPSA) is 122 Å². The molecule has 0 atom stereocenters. The van der Waals surface area contributed by atoms with Crippen molar-refractivity contribution < 1.29 is 68.4 Å². The van der Waals surface area contributed by atoms with E-state index in [2.05, 4.69) is 4.74 Å². The minimum atomic E-state index is -2.08. The first-order valence-corrected chi connectivity index (χ1v) is 5.26. The maximum atomic E-state index is 11.0. The smallest absolute Gasteiger partial charge is 0.565 e. The number of carbonyl (C=O) groups excluding carboxylic acids is 2. The van der Waals surface area contributed by atoms with E-state index in [9.17, 15) is 9.59 Å². The average molecular weight is 302 g/mol. The van der Waals surface area contributed by atoms with Crippen LogP contribution in [0.3, 0.4) is 0 Å². The largest absolute Gasteiger partial charge is 1.00 e. The van der Waals surface area contributed by atoms with Gasteiger partial charge in [0.25, 0.3) is 0 Å². The zero-order valence-electron chi connectivity index (χ0n) is 12.8. The number of hydrogen-bond acceptors (Lipinski definition) is 7. The van der Waals surface area contributed by atoms with E-state index in [0.717, 1.165) is 0 Å². The van der Waals surface area contributed by atoms with Crippen molar-refractivity contribution in [3.63, 3.8) is 0 Å².